The van der Waals surface area contributed by atoms with E-state index in [0.717, 1.165) is 0 Å². The van der Waals surface area contributed by atoms with Crippen LogP contribution in [0.3, 0.4) is 0 Å². The van der Waals surface area contributed by atoms with Gasteiger partial charge < -0.3 is 0 Å². The molecular formula is C34H40S2Si. The van der Waals surface area contributed by atoms with Gasteiger partial charge in [-0.2, -0.15) is 0 Å². The highest BCUT2D eigenvalue weighted by molar-refractivity contribution is 7.16. The first-order chi connectivity index (χ1) is 17.3. The SMILES string of the molecule is Cc1cc2c(s1)C([SiH](C)C)c1sc(C)c(C3c4cc(C(C)(C)C)ccc4-c4ccc(C(C)(C)C)cc43)c1-2. The summed E-state index contributed by atoms with van der Waals surface area (Å²) in [4.78, 5) is 6.31. The number of rotatable bonds is 2. The summed E-state index contributed by atoms with van der Waals surface area (Å²) in [6, 6.07) is 17.2. The molecule has 2 aromatic carbocycles. The molecule has 0 spiro atoms. The van der Waals surface area contributed by atoms with E-state index in [1.54, 1.807) is 26.4 Å². The standard InChI is InChI=1S/C34H40S2Si/c1-18-15-26-29-27(19(2)36-31(29)32(37(9)10)30(26)35-18)28-24-16-20(33(3,4)5)11-13-22(24)23-14-12-21(17-25(23)28)34(6,7)8/h11-17,28,32,37H,1-10H3. The predicted octanol–water partition coefficient (Wildman–Crippen LogP) is 10.3. The molecule has 0 saturated heterocycles. The Morgan fingerprint density at radius 2 is 1.22 bits per heavy atom. The fraction of sp³-hybridized carbons (Fsp3) is 0.412. The molecule has 2 aromatic heterocycles. The van der Waals surface area contributed by atoms with Crippen LogP contribution < -0.4 is 0 Å². The van der Waals surface area contributed by atoms with Gasteiger partial charge in [0.2, 0.25) is 0 Å². The Labute approximate surface area is 233 Å². The second-order valence-electron chi connectivity index (χ2n) is 13.7. The lowest BCUT2D eigenvalue weighted by Gasteiger charge is -2.23. The number of fused-ring (bicyclic) bond motifs is 6. The largest absolute Gasteiger partial charge is 0.145 e. The van der Waals surface area contributed by atoms with Crippen molar-refractivity contribution in [1.82, 2.24) is 0 Å². The average Bonchev–Trinajstić information content (AvgIpc) is 3.48. The lowest BCUT2D eigenvalue weighted by molar-refractivity contribution is 0.589. The third kappa shape index (κ3) is 3.79. The number of hydrogen-bond donors (Lipinski definition) is 0. The van der Waals surface area contributed by atoms with E-state index in [1.165, 1.54) is 43.1 Å². The van der Waals surface area contributed by atoms with Crippen molar-refractivity contribution in [2.24, 2.45) is 0 Å². The molecule has 1 atom stereocenters. The average molecular weight is 541 g/mol. The Bertz CT molecular complexity index is 1480. The van der Waals surface area contributed by atoms with Crippen molar-refractivity contribution in [1.29, 1.82) is 0 Å². The van der Waals surface area contributed by atoms with E-state index in [0.29, 0.717) is 11.5 Å². The van der Waals surface area contributed by atoms with Crippen molar-refractivity contribution < 1.29 is 0 Å². The van der Waals surface area contributed by atoms with E-state index < -0.39 is 8.80 Å². The van der Waals surface area contributed by atoms with Crippen LogP contribution in [0.5, 0.6) is 0 Å². The van der Waals surface area contributed by atoms with E-state index >= 15 is 0 Å². The molecule has 0 N–H and O–H groups in total. The molecule has 0 amide bonds. The van der Waals surface area contributed by atoms with Gasteiger partial charge in [0.15, 0.2) is 0 Å². The lowest BCUT2D eigenvalue weighted by atomic mass is 9.80. The first-order valence-electron chi connectivity index (χ1n) is 13.8. The van der Waals surface area contributed by atoms with Crippen LogP contribution in [0, 0.1) is 13.8 Å². The highest BCUT2D eigenvalue weighted by Gasteiger charge is 2.42. The van der Waals surface area contributed by atoms with Gasteiger partial charge in [0.05, 0.1) is 0 Å². The van der Waals surface area contributed by atoms with E-state index in [1.807, 2.05) is 0 Å². The molecule has 6 rings (SSSR count). The summed E-state index contributed by atoms with van der Waals surface area (Å²) in [5.74, 6) is 0.301. The molecule has 192 valence electrons. The van der Waals surface area contributed by atoms with Crippen LogP contribution in [-0.4, -0.2) is 8.80 Å². The smallest absolute Gasteiger partial charge is 0.0465 e. The van der Waals surface area contributed by atoms with E-state index in [-0.39, 0.29) is 10.8 Å². The van der Waals surface area contributed by atoms with Crippen molar-refractivity contribution in [3.8, 4) is 22.3 Å². The molecule has 2 aliphatic rings. The zero-order valence-electron chi connectivity index (χ0n) is 24.1. The number of thiophene rings is 2. The maximum atomic E-state index is 2.55. The Morgan fingerprint density at radius 1 is 0.676 bits per heavy atom. The number of aryl methyl sites for hydroxylation is 2. The van der Waals surface area contributed by atoms with Crippen LogP contribution in [0.1, 0.15) is 100 Å². The maximum absolute atomic E-state index is 2.55. The molecule has 0 radical (unpaired) electrons. The molecule has 0 aliphatic heterocycles. The molecule has 0 fully saturated rings. The van der Waals surface area contributed by atoms with Gasteiger partial charge in [-0.05, 0) is 75.3 Å². The van der Waals surface area contributed by atoms with Crippen molar-refractivity contribution in [2.75, 3.05) is 0 Å². The summed E-state index contributed by atoms with van der Waals surface area (Å²) < 4.78 is 0. The molecule has 2 heterocycles. The minimum absolute atomic E-state index is 0.128. The van der Waals surface area contributed by atoms with Gasteiger partial charge in [-0.15, -0.1) is 22.7 Å². The Balaban J connectivity index is 1.67. The normalized spacial score (nSPS) is 16.8. The highest BCUT2D eigenvalue weighted by Crippen LogP contribution is 2.60. The summed E-state index contributed by atoms with van der Waals surface area (Å²) in [6.45, 7) is 23.8. The molecule has 0 saturated carbocycles. The molecule has 37 heavy (non-hydrogen) atoms. The molecule has 3 heteroatoms. The Kier molecular flexibility index (Phi) is 5.67. The summed E-state index contributed by atoms with van der Waals surface area (Å²) in [5, 5.41) is 0. The van der Waals surface area contributed by atoms with Crippen molar-refractivity contribution in [3.63, 3.8) is 0 Å². The fourth-order valence-electron chi connectivity index (χ4n) is 6.61. The third-order valence-electron chi connectivity index (χ3n) is 8.58. The minimum atomic E-state index is -0.901. The third-order valence-corrected chi connectivity index (χ3v) is 13.4. The lowest BCUT2D eigenvalue weighted by Crippen LogP contribution is -2.13. The van der Waals surface area contributed by atoms with E-state index in [4.69, 9.17) is 0 Å². The summed E-state index contributed by atoms with van der Waals surface area (Å²) in [5.41, 5.74) is 14.4. The summed E-state index contributed by atoms with van der Waals surface area (Å²) in [7, 11) is -0.901. The Hall–Kier alpha value is -1.94. The van der Waals surface area contributed by atoms with Gasteiger partial charge >= 0.3 is 0 Å². The van der Waals surface area contributed by atoms with Crippen LogP contribution in [0.15, 0.2) is 42.5 Å². The van der Waals surface area contributed by atoms with Crippen LogP contribution in [0.4, 0.5) is 0 Å². The van der Waals surface area contributed by atoms with Crippen LogP contribution in [-0.2, 0) is 10.8 Å². The van der Waals surface area contributed by atoms with Gasteiger partial charge in [0, 0.05) is 45.3 Å². The van der Waals surface area contributed by atoms with Crippen LogP contribution in [0.25, 0.3) is 22.3 Å². The first kappa shape index (κ1) is 25.3. The van der Waals surface area contributed by atoms with E-state index in [2.05, 4.69) is 134 Å². The maximum Gasteiger partial charge on any atom is 0.0465 e. The topological polar surface area (TPSA) is 0 Å². The zero-order chi connectivity index (χ0) is 26.6. The predicted molar refractivity (Wildman–Crippen MR) is 168 cm³/mol. The van der Waals surface area contributed by atoms with Gasteiger partial charge in [0.25, 0.3) is 0 Å². The monoisotopic (exact) mass is 540 g/mol. The molecule has 0 bridgehead atoms. The quantitative estimate of drug-likeness (QED) is 0.195. The van der Waals surface area contributed by atoms with Crippen LogP contribution >= 0.6 is 22.7 Å². The molecular weight excluding hydrogens is 501 g/mol. The van der Waals surface area contributed by atoms with Gasteiger partial charge in [-0.1, -0.05) is 91.0 Å². The minimum Gasteiger partial charge on any atom is -0.145 e. The second kappa shape index (κ2) is 8.28. The fourth-order valence-corrected chi connectivity index (χ4v) is 12.6. The van der Waals surface area contributed by atoms with Gasteiger partial charge in [-0.25, -0.2) is 0 Å². The number of hydrogen-bond acceptors (Lipinski definition) is 2. The number of benzene rings is 2. The van der Waals surface area contributed by atoms with Crippen molar-refractivity contribution in [2.45, 2.75) is 90.8 Å². The molecule has 0 nitrogen and oxygen atoms in total. The van der Waals surface area contributed by atoms with Gasteiger partial charge in [-0.3, -0.25) is 0 Å². The Morgan fingerprint density at radius 3 is 1.70 bits per heavy atom. The summed E-state index contributed by atoms with van der Waals surface area (Å²) in [6.07, 6.45) is 0. The van der Waals surface area contributed by atoms with Gasteiger partial charge in [0.1, 0.15) is 0 Å². The summed E-state index contributed by atoms with van der Waals surface area (Å²) >= 11 is 4.16. The van der Waals surface area contributed by atoms with E-state index in [9.17, 15) is 0 Å². The molecule has 2 aliphatic carbocycles. The first-order valence-corrected chi connectivity index (χ1v) is 18.4. The van der Waals surface area contributed by atoms with Crippen molar-refractivity contribution in [3.05, 3.63) is 89.8 Å². The highest BCUT2D eigenvalue weighted by atomic mass is 32.1. The molecule has 4 aromatic rings. The van der Waals surface area contributed by atoms with Crippen LogP contribution in [0.2, 0.25) is 13.1 Å². The zero-order valence-corrected chi connectivity index (χ0v) is 26.9. The second-order valence-corrected chi connectivity index (χ2v) is 19.4. The van der Waals surface area contributed by atoms with Crippen molar-refractivity contribution >= 4 is 31.5 Å². The molecule has 1 unspecified atom stereocenters.